The van der Waals surface area contributed by atoms with E-state index in [9.17, 15) is 10.1 Å². The predicted molar refractivity (Wildman–Crippen MR) is 108 cm³/mol. The van der Waals surface area contributed by atoms with E-state index in [1.807, 2.05) is 55.3 Å². The van der Waals surface area contributed by atoms with Gasteiger partial charge in [0.2, 0.25) is 0 Å². The first-order valence-electron chi connectivity index (χ1n) is 9.57. The van der Waals surface area contributed by atoms with Gasteiger partial charge in [0, 0.05) is 37.3 Å². The summed E-state index contributed by atoms with van der Waals surface area (Å²) >= 11 is 0. The fourth-order valence-electron chi connectivity index (χ4n) is 4.27. The molecular formula is C22H28N4O2. The number of Topliss-reactive ketones (excluding diaryl/α,β-unsaturated/α-hetero) is 1. The second-order valence-corrected chi connectivity index (χ2v) is 8.27. The summed E-state index contributed by atoms with van der Waals surface area (Å²) in [5.41, 5.74) is 9.04. The van der Waals surface area contributed by atoms with Gasteiger partial charge < -0.3 is 10.5 Å². The predicted octanol–water partition coefficient (Wildman–Crippen LogP) is 3.30. The van der Waals surface area contributed by atoms with E-state index < -0.39 is 5.92 Å². The Balaban J connectivity index is 2.30. The zero-order valence-electron chi connectivity index (χ0n) is 17.2. The number of nitrogens with zero attached hydrogens (tertiary/aromatic N) is 3. The molecule has 0 fully saturated rings. The maximum absolute atomic E-state index is 13.3. The van der Waals surface area contributed by atoms with Gasteiger partial charge in [0.1, 0.15) is 11.6 Å². The molecule has 1 atom stereocenters. The summed E-state index contributed by atoms with van der Waals surface area (Å²) in [5, 5.41) is 13.6. The van der Waals surface area contributed by atoms with Gasteiger partial charge in [0.15, 0.2) is 5.78 Å². The van der Waals surface area contributed by atoms with E-state index in [1.54, 1.807) is 0 Å². The molecule has 0 spiro atoms. The maximum Gasteiger partial charge on any atom is 0.162 e. The van der Waals surface area contributed by atoms with Gasteiger partial charge in [-0.3, -0.25) is 9.80 Å². The van der Waals surface area contributed by atoms with Gasteiger partial charge in [-0.15, -0.1) is 0 Å². The Bertz CT molecular complexity index is 905. The van der Waals surface area contributed by atoms with Crippen LogP contribution in [0.25, 0.3) is 0 Å². The van der Waals surface area contributed by atoms with Crippen LogP contribution >= 0.6 is 0 Å². The molecule has 2 N–H and O–H groups in total. The molecule has 1 aromatic carbocycles. The second kappa shape index (κ2) is 7.33. The van der Waals surface area contributed by atoms with Crippen LogP contribution < -0.4 is 10.5 Å². The summed E-state index contributed by atoms with van der Waals surface area (Å²) in [4.78, 5) is 13.3. The Morgan fingerprint density at radius 1 is 1.32 bits per heavy atom. The smallest absolute Gasteiger partial charge is 0.162 e. The van der Waals surface area contributed by atoms with Crippen LogP contribution in [0, 0.1) is 16.7 Å². The summed E-state index contributed by atoms with van der Waals surface area (Å²) in [7, 11) is 3.74. The molecule has 148 valence electrons. The van der Waals surface area contributed by atoms with Crippen LogP contribution in [-0.4, -0.2) is 36.5 Å². The number of rotatable bonds is 4. The summed E-state index contributed by atoms with van der Waals surface area (Å²) < 4.78 is 5.82. The van der Waals surface area contributed by atoms with Gasteiger partial charge in [0.05, 0.1) is 24.2 Å². The van der Waals surface area contributed by atoms with Crippen LogP contribution in [-0.2, 0) is 4.79 Å². The van der Waals surface area contributed by atoms with Gasteiger partial charge in [-0.25, -0.2) is 5.01 Å². The Morgan fingerprint density at radius 3 is 2.61 bits per heavy atom. The molecule has 6 nitrogen and oxygen atoms in total. The first kappa shape index (κ1) is 20.0. The average Bonchev–Trinajstić information content (AvgIpc) is 2.60. The fraction of sp³-hybridized carbons (Fsp3) is 0.455. The van der Waals surface area contributed by atoms with Crippen molar-refractivity contribution in [2.45, 2.75) is 39.5 Å². The SMILES string of the molecule is CCOc1ccccc1C1C(C#N)=C(N)N(N(C)C)C2=C1C(=O)CC(C)(C)C2. The van der Waals surface area contributed by atoms with Crippen LogP contribution in [0.4, 0.5) is 0 Å². The molecule has 1 unspecified atom stereocenters. The standard InChI is InChI=1S/C22H28N4O2/c1-6-28-18-10-8-7-9-14(18)19-15(13-23)21(24)26(25(4)5)16-11-22(2,3)12-17(27)20(16)19/h7-10,19H,6,11-12,24H2,1-5H3. The molecule has 0 saturated heterocycles. The molecule has 6 heteroatoms. The highest BCUT2D eigenvalue weighted by atomic mass is 16.5. The van der Waals surface area contributed by atoms with E-state index in [0.29, 0.717) is 42.2 Å². The van der Waals surface area contributed by atoms with E-state index in [4.69, 9.17) is 10.5 Å². The molecular weight excluding hydrogens is 352 g/mol. The Labute approximate surface area is 166 Å². The lowest BCUT2D eigenvalue weighted by molar-refractivity contribution is -0.119. The minimum atomic E-state index is -0.512. The highest BCUT2D eigenvalue weighted by Crippen LogP contribution is 2.50. The molecule has 1 heterocycles. The van der Waals surface area contributed by atoms with Crippen LogP contribution in [0.5, 0.6) is 5.75 Å². The zero-order valence-corrected chi connectivity index (χ0v) is 17.2. The number of nitrogens with two attached hydrogens (primary N) is 1. The van der Waals surface area contributed by atoms with Crippen molar-refractivity contribution < 1.29 is 9.53 Å². The molecule has 28 heavy (non-hydrogen) atoms. The monoisotopic (exact) mass is 380 g/mol. The summed E-state index contributed by atoms with van der Waals surface area (Å²) in [6.45, 7) is 6.60. The third kappa shape index (κ3) is 3.27. The number of hydrogen-bond donors (Lipinski definition) is 1. The molecule has 0 radical (unpaired) electrons. The summed E-state index contributed by atoms with van der Waals surface area (Å²) in [6, 6.07) is 9.86. The van der Waals surface area contributed by atoms with Gasteiger partial charge in [-0.05, 0) is 24.8 Å². The third-order valence-electron chi connectivity index (χ3n) is 5.28. The van der Waals surface area contributed by atoms with Gasteiger partial charge in [-0.1, -0.05) is 32.0 Å². The first-order chi connectivity index (χ1) is 13.2. The number of carbonyl (C=O) groups excluding carboxylic acids is 1. The number of ether oxygens (including phenoxy) is 1. The largest absolute Gasteiger partial charge is 0.494 e. The van der Waals surface area contributed by atoms with Crippen molar-refractivity contribution in [2.75, 3.05) is 20.7 Å². The van der Waals surface area contributed by atoms with Gasteiger partial charge in [0.25, 0.3) is 0 Å². The van der Waals surface area contributed by atoms with Crippen molar-refractivity contribution in [1.82, 2.24) is 10.0 Å². The van der Waals surface area contributed by atoms with Crippen molar-refractivity contribution >= 4 is 5.78 Å². The zero-order chi connectivity index (χ0) is 20.6. The highest BCUT2D eigenvalue weighted by Gasteiger charge is 2.45. The van der Waals surface area contributed by atoms with E-state index in [-0.39, 0.29) is 11.2 Å². The van der Waals surface area contributed by atoms with E-state index in [1.165, 1.54) is 0 Å². The van der Waals surface area contributed by atoms with Crippen molar-refractivity contribution in [2.24, 2.45) is 11.1 Å². The van der Waals surface area contributed by atoms with Crippen molar-refractivity contribution in [3.63, 3.8) is 0 Å². The second-order valence-electron chi connectivity index (χ2n) is 8.27. The topological polar surface area (TPSA) is 82.6 Å². The number of hydrazine groups is 1. The lowest BCUT2D eigenvalue weighted by Crippen LogP contribution is -2.47. The van der Waals surface area contributed by atoms with Crippen molar-refractivity contribution in [1.29, 1.82) is 5.26 Å². The molecule has 0 amide bonds. The Morgan fingerprint density at radius 2 is 2.00 bits per heavy atom. The summed E-state index contributed by atoms with van der Waals surface area (Å²) in [5.74, 6) is 0.601. The fourth-order valence-corrected chi connectivity index (χ4v) is 4.27. The van der Waals surface area contributed by atoms with Crippen molar-refractivity contribution in [3.05, 3.63) is 52.5 Å². The quantitative estimate of drug-likeness (QED) is 0.863. The molecule has 3 rings (SSSR count). The lowest BCUT2D eigenvalue weighted by Gasteiger charge is -2.45. The Kier molecular flexibility index (Phi) is 5.22. The molecule has 0 saturated carbocycles. The molecule has 0 aromatic heterocycles. The minimum Gasteiger partial charge on any atom is -0.494 e. The van der Waals surface area contributed by atoms with E-state index in [0.717, 1.165) is 11.3 Å². The number of carbonyl (C=O) groups is 1. The molecule has 2 aliphatic rings. The summed E-state index contributed by atoms with van der Waals surface area (Å²) in [6.07, 6.45) is 1.15. The normalized spacial score (nSPS) is 21.7. The number of nitriles is 1. The molecule has 0 bridgehead atoms. The van der Waals surface area contributed by atoms with Crippen LogP contribution in [0.2, 0.25) is 0 Å². The van der Waals surface area contributed by atoms with E-state index in [2.05, 4.69) is 19.9 Å². The molecule has 1 aliphatic carbocycles. The number of benzene rings is 1. The first-order valence-corrected chi connectivity index (χ1v) is 9.57. The number of para-hydroxylation sites is 1. The molecule has 1 aromatic rings. The van der Waals surface area contributed by atoms with E-state index >= 15 is 0 Å². The highest BCUT2D eigenvalue weighted by molar-refractivity contribution is 6.00. The Hall–Kier alpha value is -2.78. The average molecular weight is 380 g/mol. The number of ketones is 1. The number of hydrogen-bond acceptors (Lipinski definition) is 6. The third-order valence-corrected chi connectivity index (χ3v) is 5.28. The van der Waals surface area contributed by atoms with Gasteiger partial charge >= 0.3 is 0 Å². The van der Waals surface area contributed by atoms with Crippen LogP contribution in [0.15, 0.2) is 46.9 Å². The van der Waals surface area contributed by atoms with Crippen molar-refractivity contribution in [3.8, 4) is 11.8 Å². The van der Waals surface area contributed by atoms with Crippen LogP contribution in [0.3, 0.4) is 0 Å². The van der Waals surface area contributed by atoms with Gasteiger partial charge in [-0.2, -0.15) is 5.26 Å². The van der Waals surface area contributed by atoms with Crippen LogP contribution in [0.1, 0.15) is 45.1 Å². The number of allylic oxidation sites excluding steroid dienone is 3. The lowest BCUT2D eigenvalue weighted by atomic mass is 9.69. The minimum absolute atomic E-state index is 0.0645. The molecule has 1 aliphatic heterocycles. The maximum atomic E-state index is 13.3.